The number of fused-ring (bicyclic) bond motifs is 3. The Morgan fingerprint density at radius 1 is 0.971 bits per heavy atom. The van der Waals surface area contributed by atoms with Crippen molar-refractivity contribution in [1.82, 2.24) is 10.6 Å². The fourth-order valence-corrected chi connectivity index (χ4v) is 4.62. The van der Waals surface area contributed by atoms with Crippen molar-refractivity contribution < 1.29 is 29.3 Å². The zero-order valence-corrected chi connectivity index (χ0v) is 19.9. The Hall–Kier alpha value is -3.39. The number of hydrogen-bond donors (Lipinski definition) is 4. The van der Waals surface area contributed by atoms with E-state index in [2.05, 4.69) is 22.8 Å². The Bertz CT molecular complexity index is 1020. The van der Waals surface area contributed by atoms with Crippen LogP contribution in [0.3, 0.4) is 0 Å². The number of hydrogen-bond acceptors (Lipinski definition) is 5. The van der Waals surface area contributed by atoms with Gasteiger partial charge in [-0.1, -0.05) is 62.4 Å². The number of aliphatic hydroxyl groups excluding tert-OH is 1. The Kier molecular flexibility index (Phi) is 7.61. The summed E-state index contributed by atoms with van der Waals surface area (Å²) in [5, 5.41) is 23.5. The smallest absolute Gasteiger partial charge is 0.407 e. The Morgan fingerprint density at radius 3 is 1.97 bits per heavy atom. The van der Waals surface area contributed by atoms with E-state index in [0.717, 1.165) is 22.3 Å². The molecule has 0 aliphatic heterocycles. The van der Waals surface area contributed by atoms with Gasteiger partial charge in [-0.2, -0.15) is 0 Å². The van der Waals surface area contributed by atoms with Crippen molar-refractivity contribution in [3.05, 3.63) is 59.7 Å². The summed E-state index contributed by atoms with van der Waals surface area (Å²) in [6.45, 7) is 6.35. The number of aliphatic hydroxyl groups is 1. The van der Waals surface area contributed by atoms with Gasteiger partial charge in [-0.05, 0) is 42.0 Å². The molecule has 0 spiro atoms. The van der Waals surface area contributed by atoms with Gasteiger partial charge in [-0.3, -0.25) is 4.79 Å². The fourth-order valence-electron chi connectivity index (χ4n) is 4.62. The van der Waals surface area contributed by atoms with Crippen LogP contribution in [0.15, 0.2) is 48.5 Å². The zero-order valence-electron chi connectivity index (χ0n) is 19.9. The van der Waals surface area contributed by atoms with Crippen molar-refractivity contribution in [2.24, 2.45) is 11.3 Å². The Balaban J connectivity index is 1.70. The number of aliphatic carboxylic acids is 1. The number of amides is 2. The molecule has 0 saturated carbocycles. The number of carbonyl (C=O) groups is 3. The lowest BCUT2D eigenvalue weighted by atomic mass is 9.77. The number of carboxylic acid groups (broad SMARTS) is 1. The summed E-state index contributed by atoms with van der Waals surface area (Å²) in [5.74, 6) is -2.17. The van der Waals surface area contributed by atoms with E-state index in [0.29, 0.717) is 0 Å². The molecule has 2 amide bonds. The first kappa shape index (κ1) is 25.2. The predicted molar refractivity (Wildman–Crippen MR) is 127 cm³/mol. The first-order valence-corrected chi connectivity index (χ1v) is 11.3. The van der Waals surface area contributed by atoms with Gasteiger partial charge in [0.25, 0.3) is 0 Å². The van der Waals surface area contributed by atoms with Crippen molar-refractivity contribution in [3.8, 4) is 11.1 Å². The fraction of sp³-hybridized carbons (Fsp3) is 0.423. The molecular formula is C26H32N2O6. The lowest BCUT2D eigenvalue weighted by Crippen LogP contribution is -2.57. The maximum absolute atomic E-state index is 12.8. The normalized spacial score (nSPS) is 14.6. The Morgan fingerprint density at radius 2 is 1.50 bits per heavy atom. The highest BCUT2D eigenvalue weighted by Crippen LogP contribution is 2.44. The molecule has 2 atom stereocenters. The first-order chi connectivity index (χ1) is 16.1. The molecular weight excluding hydrogens is 436 g/mol. The third-order valence-corrected chi connectivity index (χ3v) is 6.43. The number of benzene rings is 2. The summed E-state index contributed by atoms with van der Waals surface area (Å²) >= 11 is 0. The second-order valence-electron chi connectivity index (χ2n) is 9.46. The average molecular weight is 469 g/mol. The van der Waals surface area contributed by atoms with Crippen LogP contribution in [-0.4, -0.2) is 53.5 Å². The maximum Gasteiger partial charge on any atom is 0.407 e. The largest absolute Gasteiger partial charge is 0.480 e. The Labute approximate surface area is 199 Å². The second-order valence-corrected chi connectivity index (χ2v) is 9.46. The van der Waals surface area contributed by atoms with Crippen LogP contribution in [0.5, 0.6) is 0 Å². The third-order valence-electron chi connectivity index (χ3n) is 6.43. The van der Waals surface area contributed by atoms with Gasteiger partial charge in [0, 0.05) is 12.0 Å². The summed E-state index contributed by atoms with van der Waals surface area (Å²) in [6.07, 6.45) is -0.654. The molecule has 0 aromatic heterocycles. The van der Waals surface area contributed by atoms with Gasteiger partial charge in [0.05, 0.1) is 12.0 Å². The molecule has 0 fully saturated rings. The van der Waals surface area contributed by atoms with Crippen LogP contribution in [0.25, 0.3) is 11.1 Å². The minimum absolute atomic E-state index is 0.0900. The third kappa shape index (κ3) is 5.07. The molecule has 1 unspecified atom stereocenters. The van der Waals surface area contributed by atoms with Gasteiger partial charge < -0.3 is 25.6 Å². The van der Waals surface area contributed by atoms with Crippen LogP contribution >= 0.6 is 0 Å². The minimum Gasteiger partial charge on any atom is -0.480 e. The summed E-state index contributed by atoms with van der Waals surface area (Å²) in [4.78, 5) is 36.8. The molecule has 4 N–H and O–H groups in total. The molecule has 34 heavy (non-hydrogen) atoms. The van der Waals surface area contributed by atoms with Crippen molar-refractivity contribution in [2.75, 3.05) is 13.2 Å². The number of nitrogens with one attached hydrogen (secondary N) is 2. The van der Waals surface area contributed by atoms with Crippen molar-refractivity contribution >= 4 is 18.0 Å². The van der Waals surface area contributed by atoms with Crippen LogP contribution < -0.4 is 10.6 Å². The molecule has 0 heterocycles. The van der Waals surface area contributed by atoms with Gasteiger partial charge >= 0.3 is 12.1 Å². The summed E-state index contributed by atoms with van der Waals surface area (Å²) < 4.78 is 5.62. The first-order valence-electron chi connectivity index (χ1n) is 11.3. The molecule has 182 valence electrons. The quantitative estimate of drug-likeness (QED) is 0.448. The van der Waals surface area contributed by atoms with E-state index in [1.165, 1.54) is 0 Å². The van der Waals surface area contributed by atoms with Gasteiger partial charge in [0.2, 0.25) is 5.91 Å². The van der Waals surface area contributed by atoms with Crippen LogP contribution in [0, 0.1) is 11.3 Å². The van der Waals surface area contributed by atoms with Gasteiger partial charge in [-0.25, -0.2) is 9.59 Å². The monoisotopic (exact) mass is 468 g/mol. The molecule has 0 saturated heterocycles. The highest BCUT2D eigenvalue weighted by atomic mass is 16.5. The van der Waals surface area contributed by atoms with Crippen molar-refractivity contribution in [3.63, 3.8) is 0 Å². The van der Waals surface area contributed by atoms with E-state index in [-0.39, 0.29) is 18.4 Å². The maximum atomic E-state index is 12.8. The van der Waals surface area contributed by atoms with Crippen LogP contribution in [0.2, 0.25) is 0 Å². The van der Waals surface area contributed by atoms with Gasteiger partial charge in [-0.15, -0.1) is 0 Å². The molecule has 8 heteroatoms. The lowest BCUT2D eigenvalue weighted by Gasteiger charge is -2.36. The van der Waals surface area contributed by atoms with Crippen LogP contribution in [0.1, 0.15) is 44.7 Å². The summed E-state index contributed by atoms with van der Waals surface area (Å²) in [5.41, 5.74) is 3.28. The number of carbonyl (C=O) groups excluding carboxylic acids is 2. The van der Waals surface area contributed by atoms with E-state index in [9.17, 15) is 19.5 Å². The van der Waals surface area contributed by atoms with Crippen LogP contribution in [0.4, 0.5) is 4.79 Å². The predicted octanol–water partition coefficient (Wildman–Crippen LogP) is 3.14. The van der Waals surface area contributed by atoms with E-state index in [4.69, 9.17) is 9.84 Å². The molecule has 3 rings (SSSR count). The lowest BCUT2D eigenvalue weighted by molar-refractivity contribution is -0.145. The van der Waals surface area contributed by atoms with E-state index < -0.39 is 42.1 Å². The molecule has 1 aliphatic rings. The molecule has 2 aromatic rings. The summed E-state index contributed by atoms with van der Waals surface area (Å²) in [6, 6.07) is 14.0. The average Bonchev–Trinajstić information content (AvgIpc) is 3.12. The zero-order chi connectivity index (χ0) is 25.0. The van der Waals surface area contributed by atoms with E-state index in [1.54, 1.807) is 13.8 Å². The van der Waals surface area contributed by atoms with Crippen molar-refractivity contribution in [2.45, 2.75) is 45.7 Å². The minimum atomic E-state index is -1.42. The number of alkyl carbamates (subject to hydrolysis) is 1. The highest BCUT2D eigenvalue weighted by Gasteiger charge is 2.41. The molecule has 2 aromatic carbocycles. The molecule has 8 nitrogen and oxygen atoms in total. The number of rotatable bonds is 9. The van der Waals surface area contributed by atoms with Gasteiger partial charge in [0.1, 0.15) is 12.6 Å². The molecule has 0 radical (unpaired) electrons. The number of ether oxygens (including phenoxy) is 1. The van der Waals surface area contributed by atoms with Crippen molar-refractivity contribution in [1.29, 1.82) is 0 Å². The second kappa shape index (κ2) is 10.3. The molecule has 1 aliphatic carbocycles. The molecule has 0 bridgehead atoms. The summed E-state index contributed by atoms with van der Waals surface area (Å²) in [7, 11) is 0. The van der Waals surface area contributed by atoms with Crippen LogP contribution in [-0.2, 0) is 14.3 Å². The van der Waals surface area contributed by atoms with Gasteiger partial charge in [0.15, 0.2) is 0 Å². The van der Waals surface area contributed by atoms with E-state index >= 15 is 0 Å². The SMILES string of the molecule is CC(C)C(NC(=O)OCC1c2ccccc2-c2ccccc21)C(C)(C)C(=O)N[C@H](CO)C(=O)O. The highest BCUT2D eigenvalue weighted by molar-refractivity contribution is 5.88. The van der Waals surface area contributed by atoms with E-state index in [1.807, 2.05) is 50.2 Å². The standard InChI is InChI=1S/C26H32N2O6/c1-15(2)22(26(3,4)24(32)27-21(13-29)23(30)31)28-25(33)34-14-20-18-11-7-5-9-16(18)17-10-6-8-12-19(17)20/h5-12,15,20-22,29H,13-14H2,1-4H3,(H,27,32)(H,28,33)(H,30,31)/t21-,22?/m1/s1. The topological polar surface area (TPSA) is 125 Å². The number of carboxylic acids is 1.